The summed E-state index contributed by atoms with van der Waals surface area (Å²) in [6.07, 6.45) is 1.36. The van der Waals surface area contributed by atoms with Crippen molar-refractivity contribution >= 4 is 21.8 Å². The maximum absolute atomic E-state index is 12.6. The number of carbonyl (C=O) groups is 1. The highest BCUT2D eigenvalue weighted by atomic mass is 79.9. The summed E-state index contributed by atoms with van der Waals surface area (Å²) in [4.78, 5) is 28.1. The van der Waals surface area contributed by atoms with Crippen molar-refractivity contribution in [1.82, 2.24) is 15.0 Å². The molecule has 1 amide bonds. The summed E-state index contributed by atoms with van der Waals surface area (Å²) in [5.74, 6) is -0.431. The molecule has 0 aliphatic rings. The van der Waals surface area contributed by atoms with Crippen molar-refractivity contribution in [3.63, 3.8) is 0 Å². The Morgan fingerprint density at radius 3 is 2.50 bits per heavy atom. The van der Waals surface area contributed by atoms with E-state index < -0.39 is 5.91 Å². The largest absolute Gasteiger partial charge is 0.472 e. The second kappa shape index (κ2) is 7.94. The summed E-state index contributed by atoms with van der Waals surface area (Å²) in [6, 6.07) is 15.7. The molecule has 0 radical (unpaired) electrons. The normalized spacial score (nSPS) is 10.4. The van der Waals surface area contributed by atoms with Crippen LogP contribution in [0.5, 0.6) is 5.88 Å². The van der Waals surface area contributed by atoms with Gasteiger partial charge in [0.2, 0.25) is 5.88 Å². The lowest BCUT2D eigenvalue weighted by Crippen LogP contribution is -2.21. The number of hydrogen-bond donors (Lipinski definition) is 2. The van der Waals surface area contributed by atoms with Crippen molar-refractivity contribution in [2.45, 2.75) is 6.61 Å². The first-order valence-electron chi connectivity index (χ1n) is 7.59. The number of ether oxygens (including phenoxy) is 1. The van der Waals surface area contributed by atoms with Gasteiger partial charge in [0.1, 0.15) is 17.4 Å². The first kappa shape index (κ1) is 17.8. The lowest BCUT2D eigenvalue weighted by molar-refractivity contribution is 0.0706. The Morgan fingerprint density at radius 1 is 1.15 bits per heavy atom. The number of nitrogens with one attached hydrogen (secondary N) is 1. The Kier molecular flexibility index (Phi) is 5.45. The summed E-state index contributed by atoms with van der Waals surface area (Å²) in [5, 5.41) is 8.63. The Balaban J connectivity index is 1.83. The van der Waals surface area contributed by atoms with E-state index in [1.165, 1.54) is 23.0 Å². The molecule has 0 aliphatic carbocycles. The highest BCUT2D eigenvalue weighted by Gasteiger charge is 2.12. The van der Waals surface area contributed by atoms with E-state index in [1.54, 1.807) is 17.6 Å². The maximum atomic E-state index is 12.6. The van der Waals surface area contributed by atoms with Gasteiger partial charge in [0.25, 0.3) is 11.5 Å². The van der Waals surface area contributed by atoms with E-state index in [0.717, 1.165) is 5.56 Å². The maximum Gasteiger partial charge on any atom is 0.276 e. The van der Waals surface area contributed by atoms with Crippen molar-refractivity contribution < 1.29 is 14.7 Å². The number of amides is 1. The molecule has 3 aromatic rings. The van der Waals surface area contributed by atoms with Crippen LogP contribution in [0.15, 0.2) is 70.2 Å². The highest BCUT2D eigenvalue weighted by molar-refractivity contribution is 9.10. The van der Waals surface area contributed by atoms with Crippen LogP contribution in [0.2, 0.25) is 0 Å². The van der Waals surface area contributed by atoms with Crippen molar-refractivity contribution in [2.24, 2.45) is 0 Å². The van der Waals surface area contributed by atoms with Gasteiger partial charge < -0.3 is 4.74 Å². The van der Waals surface area contributed by atoms with Gasteiger partial charge in [-0.2, -0.15) is 0 Å². The van der Waals surface area contributed by atoms with Gasteiger partial charge in [-0.05, 0) is 45.8 Å². The van der Waals surface area contributed by atoms with Gasteiger partial charge in [0, 0.05) is 5.56 Å². The second-order valence-corrected chi connectivity index (χ2v) is 6.09. The fourth-order valence-corrected chi connectivity index (χ4v) is 2.67. The monoisotopic (exact) mass is 415 g/mol. The number of halogens is 1. The summed E-state index contributed by atoms with van der Waals surface area (Å²) >= 11 is 3.23. The fraction of sp³-hybridized carbons (Fsp3) is 0.0556. The fourth-order valence-electron chi connectivity index (χ4n) is 2.26. The smallest absolute Gasteiger partial charge is 0.276 e. The molecule has 0 bridgehead atoms. The first-order valence-corrected chi connectivity index (χ1v) is 8.38. The predicted molar refractivity (Wildman–Crippen MR) is 97.6 cm³/mol. The van der Waals surface area contributed by atoms with Gasteiger partial charge in [-0.25, -0.2) is 10.5 Å². The van der Waals surface area contributed by atoms with Crippen LogP contribution >= 0.6 is 15.9 Å². The van der Waals surface area contributed by atoms with E-state index in [1.807, 2.05) is 30.3 Å². The number of hydroxylamine groups is 1. The number of benzene rings is 2. The van der Waals surface area contributed by atoms with Gasteiger partial charge in [-0.1, -0.05) is 30.3 Å². The number of hydrogen-bond acceptors (Lipinski definition) is 5. The molecule has 1 aromatic heterocycles. The van der Waals surface area contributed by atoms with Crippen LogP contribution in [0.4, 0.5) is 0 Å². The van der Waals surface area contributed by atoms with E-state index in [-0.39, 0.29) is 21.5 Å². The summed E-state index contributed by atoms with van der Waals surface area (Å²) in [5.41, 5.74) is 2.95. The zero-order valence-electron chi connectivity index (χ0n) is 13.4. The molecule has 0 aliphatic heterocycles. The van der Waals surface area contributed by atoms with Crippen LogP contribution in [0, 0.1) is 0 Å². The zero-order valence-corrected chi connectivity index (χ0v) is 15.0. The van der Waals surface area contributed by atoms with Crippen LogP contribution in [0.25, 0.3) is 5.69 Å². The molecule has 1 heterocycles. The number of aromatic nitrogens is 2. The van der Waals surface area contributed by atoms with Gasteiger partial charge in [0.15, 0.2) is 0 Å². The van der Waals surface area contributed by atoms with E-state index in [9.17, 15) is 9.59 Å². The molecule has 132 valence electrons. The Labute approximate surface area is 157 Å². The molecule has 8 heteroatoms. The number of carbonyl (C=O) groups excluding carboxylic acids is 1. The van der Waals surface area contributed by atoms with Crippen LogP contribution in [0.1, 0.15) is 15.9 Å². The first-order chi connectivity index (χ1) is 12.6. The lowest BCUT2D eigenvalue weighted by Gasteiger charge is -2.10. The van der Waals surface area contributed by atoms with E-state index in [0.29, 0.717) is 12.3 Å². The quantitative estimate of drug-likeness (QED) is 0.493. The van der Waals surface area contributed by atoms with Crippen molar-refractivity contribution in [3.8, 4) is 11.6 Å². The molecular formula is C18H14BrN3O4. The molecule has 7 nitrogen and oxygen atoms in total. The third kappa shape index (κ3) is 3.81. The minimum atomic E-state index is -0.632. The minimum absolute atomic E-state index is 0.200. The summed E-state index contributed by atoms with van der Waals surface area (Å²) in [6.45, 7) is 0.293. The molecule has 0 spiro atoms. The standard InChI is InChI=1S/C18H14BrN3O4/c19-15-17(26-10-12-4-2-1-3-5-12)20-11-22(18(15)24)14-8-6-13(7-9-14)16(23)21-25/h1-9,11,25H,10H2,(H,21,23). The van der Waals surface area contributed by atoms with Crippen molar-refractivity contribution in [2.75, 3.05) is 0 Å². The van der Waals surface area contributed by atoms with Gasteiger partial charge in [0.05, 0.1) is 5.69 Å². The average Bonchev–Trinajstić information content (AvgIpc) is 2.69. The number of rotatable bonds is 5. The average molecular weight is 416 g/mol. The Hall–Kier alpha value is -2.97. The summed E-state index contributed by atoms with van der Waals surface area (Å²) < 4.78 is 7.13. The van der Waals surface area contributed by atoms with E-state index in [4.69, 9.17) is 9.94 Å². The van der Waals surface area contributed by atoms with Gasteiger partial charge in [-0.3, -0.25) is 19.4 Å². The SMILES string of the molecule is O=C(NO)c1ccc(-n2cnc(OCc3ccccc3)c(Br)c2=O)cc1. The molecule has 3 rings (SSSR count). The molecule has 0 fully saturated rings. The van der Waals surface area contributed by atoms with Gasteiger partial charge >= 0.3 is 0 Å². The van der Waals surface area contributed by atoms with E-state index in [2.05, 4.69) is 20.9 Å². The summed E-state index contributed by atoms with van der Waals surface area (Å²) in [7, 11) is 0. The molecule has 0 saturated heterocycles. The Bertz CT molecular complexity index is 972. The zero-order chi connectivity index (χ0) is 18.5. The van der Waals surface area contributed by atoms with Crippen LogP contribution in [-0.4, -0.2) is 20.7 Å². The third-order valence-corrected chi connectivity index (χ3v) is 4.29. The molecule has 0 unspecified atom stereocenters. The molecule has 26 heavy (non-hydrogen) atoms. The van der Waals surface area contributed by atoms with Crippen LogP contribution in [-0.2, 0) is 6.61 Å². The van der Waals surface area contributed by atoms with Crippen molar-refractivity contribution in [1.29, 1.82) is 0 Å². The highest BCUT2D eigenvalue weighted by Crippen LogP contribution is 2.19. The van der Waals surface area contributed by atoms with Crippen LogP contribution in [0.3, 0.4) is 0 Å². The van der Waals surface area contributed by atoms with Gasteiger partial charge in [-0.15, -0.1) is 0 Å². The van der Waals surface area contributed by atoms with E-state index >= 15 is 0 Å². The molecular weight excluding hydrogens is 402 g/mol. The molecule has 2 aromatic carbocycles. The van der Waals surface area contributed by atoms with Crippen molar-refractivity contribution in [3.05, 3.63) is 86.9 Å². The number of nitrogens with zero attached hydrogens (tertiary/aromatic N) is 2. The second-order valence-electron chi connectivity index (χ2n) is 5.30. The lowest BCUT2D eigenvalue weighted by atomic mass is 10.2. The molecule has 2 N–H and O–H groups in total. The Morgan fingerprint density at radius 2 is 1.85 bits per heavy atom. The third-order valence-electron chi connectivity index (χ3n) is 3.61. The predicted octanol–water partition coefficient (Wildman–Crippen LogP) is 2.69. The van der Waals surface area contributed by atoms with Crippen LogP contribution < -0.4 is 15.8 Å². The minimum Gasteiger partial charge on any atom is -0.472 e. The molecule has 0 atom stereocenters. The topological polar surface area (TPSA) is 93.5 Å². The molecule has 0 saturated carbocycles.